The number of nitrogens with zero attached hydrogens (tertiary/aromatic N) is 2. The quantitative estimate of drug-likeness (QED) is 0.825. The maximum atomic E-state index is 13.0. The molecule has 2 atom stereocenters. The van der Waals surface area contributed by atoms with Crippen LogP contribution in [0.4, 0.5) is 0 Å². The van der Waals surface area contributed by atoms with E-state index >= 15 is 0 Å². The smallest absolute Gasteiger partial charge is 0.225 e. The number of methoxy groups -OCH3 is 1. The van der Waals surface area contributed by atoms with Crippen molar-refractivity contribution in [2.24, 2.45) is 11.8 Å². The first-order valence-corrected chi connectivity index (χ1v) is 10.3. The lowest BCUT2D eigenvalue weighted by Gasteiger charge is -2.45. The van der Waals surface area contributed by atoms with Crippen molar-refractivity contribution in [2.75, 3.05) is 39.9 Å². The molecule has 5 nitrogen and oxygen atoms in total. The van der Waals surface area contributed by atoms with Gasteiger partial charge in [-0.3, -0.25) is 4.79 Å². The number of rotatable bonds is 5. The Labute approximate surface area is 152 Å². The molecule has 1 saturated carbocycles. The molecule has 0 aromatic carbocycles. The van der Waals surface area contributed by atoms with Gasteiger partial charge in [0, 0.05) is 44.7 Å². The van der Waals surface area contributed by atoms with Crippen molar-refractivity contribution in [3.05, 3.63) is 0 Å². The average molecular weight is 353 g/mol. The minimum Gasteiger partial charge on any atom is -0.389 e. The van der Waals surface area contributed by atoms with E-state index in [-0.39, 0.29) is 11.8 Å². The highest BCUT2D eigenvalue weighted by Crippen LogP contribution is 2.33. The van der Waals surface area contributed by atoms with Gasteiger partial charge in [-0.2, -0.15) is 0 Å². The molecule has 2 heterocycles. The van der Waals surface area contributed by atoms with Gasteiger partial charge in [0.15, 0.2) is 0 Å². The number of carbonyl (C=O) groups is 1. The largest absolute Gasteiger partial charge is 0.389 e. The van der Waals surface area contributed by atoms with Crippen LogP contribution in [0.25, 0.3) is 0 Å². The SMILES string of the molecule is COCC[C@]1(O)CCN(C(=O)C2CCN(C3CCCC3)CC2)C[C@H]1C. The van der Waals surface area contributed by atoms with Crippen LogP contribution in [0.5, 0.6) is 0 Å². The molecule has 0 bridgehead atoms. The predicted molar refractivity (Wildman–Crippen MR) is 98.4 cm³/mol. The number of amides is 1. The summed E-state index contributed by atoms with van der Waals surface area (Å²) in [6.07, 6.45) is 8.80. The highest BCUT2D eigenvalue weighted by molar-refractivity contribution is 5.79. The van der Waals surface area contributed by atoms with Crippen LogP contribution < -0.4 is 0 Å². The lowest BCUT2D eigenvalue weighted by molar-refractivity contribution is -0.146. The van der Waals surface area contributed by atoms with E-state index in [1.54, 1.807) is 7.11 Å². The summed E-state index contributed by atoms with van der Waals surface area (Å²) in [5.41, 5.74) is -0.682. The summed E-state index contributed by atoms with van der Waals surface area (Å²) in [6.45, 7) is 6.19. The summed E-state index contributed by atoms with van der Waals surface area (Å²) >= 11 is 0. The summed E-state index contributed by atoms with van der Waals surface area (Å²) in [5.74, 6) is 0.626. The van der Waals surface area contributed by atoms with Crippen LogP contribution >= 0.6 is 0 Å². The van der Waals surface area contributed by atoms with E-state index in [0.717, 1.165) is 32.0 Å². The van der Waals surface area contributed by atoms with Gasteiger partial charge in [-0.05, 0) is 51.6 Å². The molecular weight excluding hydrogens is 316 g/mol. The van der Waals surface area contributed by atoms with Crippen LogP contribution in [0.1, 0.15) is 58.3 Å². The van der Waals surface area contributed by atoms with Gasteiger partial charge >= 0.3 is 0 Å². The topological polar surface area (TPSA) is 53.0 Å². The van der Waals surface area contributed by atoms with Gasteiger partial charge in [0.25, 0.3) is 0 Å². The molecule has 0 spiro atoms. The molecule has 3 aliphatic rings. The Morgan fingerprint density at radius 2 is 1.84 bits per heavy atom. The van der Waals surface area contributed by atoms with Gasteiger partial charge in [-0.25, -0.2) is 0 Å². The maximum absolute atomic E-state index is 13.0. The van der Waals surface area contributed by atoms with Gasteiger partial charge in [-0.1, -0.05) is 19.8 Å². The van der Waals surface area contributed by atoms with Crippen LogP contribution in [0, 0.1) is 11.8 Å². The Morgan fingerprint density at radius 1 is 1.16 bits per heavy atom. The molecule has 0 aromatic rings. The van der Waals surface area contributed by atoms with Crippen LogP contribution in [0.3, 0.4) is 0 Å². The highest BCUT2D eigenvalue weighted by Gasteiger charge is 2.41. The first-order valence-electron chi connectivity index (χ1n) is 10.3. The standard InChI is InChI=1S/C20H36N2O3/c1-16-15-22(13-9-20(16,24)10-14-25-2)19(23)17-7-11-21(12-8-17)18-5-3-4-6-18/h16-18,24H,3-15H2,1-2H3/t16-,20-/m1/s1. The molecule has 2 saturated heterocycles. The fourth-order valence-electron chi connectivity index (χ4n) is 5.06. The Kier molecular flexibility index (Phi) is 6.39. The zero-order valence-corrected chi connectivity index (χ0v) is 16.1. The molecule has 144 valence electrons. The molecule has 3 rings (SSSR count). The second kappa shape index (κ2) is 8.36. The second-order valence-electron chi connectivity index (χ2n) is 8.53. The molecule has 5 heteroatoms. The average Bonchev–Trinajstić information content (AvgIpc) is 3.17. The lowest BCUT2D eigenvalue weighted by atomic mass is 9.79. The van der Waals surface area contributed by atoms with Crippen molar-refractivity contribution in [1.82, 2.24) is 9.80 Å². The summed E-state index contributed by atoms with van der Waals surface area (Å²) in [4.78, 5) is 17.6. The molecule has 0 unspecified atom stereocenters. The minimum atomic E-state index is -0.682. The predicted octanol–water partition coefficient (Wildman–Crippen LogP) is 2.28. The van der Waals surface area contributed by atoms with Crippen molar-refractivity contribution in [3.63, 3.8) is 0 Å². The highest BCUT2D eigenvalue weighted by atomic mass is 16.5. The Morgan fingerprint density at radius 3 is 2.44 bits per heavy atom. The van der Waals surface area contributed by atoms with Crippen molar-refractivity contribution in [1.29, 1.82) is 0 Å². The number of hydrogen-bond acceptors (Lipinski definition) is 4. The Balaban J connectivity index is 1.47. The molecule has 25 heavy (non-hydrogen) atoms. The van der Waals surface area contributed by atoms with E-state index in [1.807, 2.05) is 4.90 Å². The number of piperidine rings is 2. The number of carbonyl (C=O) groups excluding carboxylic acids is 1. The first-order chi connectivity index (χ1) is 12.0. The third-order valence-electron chi connectivity index (χ3n) is 7.00. The van der Waals surface area contributed by atoms with Gasteiger partial charge in [0.05, 0.1) is 5.60 Å². The number of ether oxygens (including phenoxy) is 1. The van der Waals surface area contributed by atoms with E-state index in [4.69, 9.17) is 4.74 Å². The van der Waals surface area contributed by atoms with E-state index in [9.17, 15) is 9.90 Å². The third-order valence-corrected chi connectivity index (χ3v) is 7.00. The molecule has 1 amide bonds. The van der Waals surface area contributed by atoms with Crippen molar-refractivity contribution in [2.45, 2.75) is 69.9 Å². The number of aliphatic hydroxyl groups is 1. The normalized spacial score (nSPS) is 33.1. The molecule has 1 aliphatic carbocycles. The van der Waals surface area contributed by atoms with Gasteiger partial charge in [0.1, 0.15) is 0 Å². The molecule has 1 N–H and O–H groups in total. The van der Waals surface area contributed by atoms with Gasteiger partial charge in [-0.15, -0.1) is 0 Å². The summed E-state index contributed by atoms with van der Waals surface area (Å²) in [7, 11) is 1.67. The van der Waals surface area contributed by atoms with Crippen LogP contribution in [-0.2, 0) is 9.53 Å². The summed E-state index contributed by atoms with van der Waals surface area (Å²) in [6, 6.07) is 0.779. The van der Waals surface area contributed by atoms with E-state index in [1.165, 1.54) is 25.7 Å². The first kappa shape index (κ1) is 19.1. The fourth-order valence-corrected chi connectivity index (χ4v) is 5.06. The molecule has 3 fully saturated rings. The van der Waals surface area contributed by atoms with E-state index in [2.05, 4.69) is 11.8 Å². The van der Waals surface area contributed by atoms with Crippen LogP contribution in [0.2, 0.25) is 0 Å². The van der Waals surface area contributed by atoms with Crippen molar-refractivity contribution in [3.8, 4) is 0 Å². The molecule has 0 aromatic heterocycles. The Bertz CT molecular complexity index is 444. The minimum absolute atomic E-state index is 0.110. The monoisotopic (exact) mass is 352 g/mol. The summed E-state index contributed by atoms with van der Waals surface area (Å²) < 4.78 is 5.13. The zero-order valence-electron chi connectivity index (χ0n) is 16.1. The lowest BCUT2D eigenvalue weighted by Crippen LogP contribution is -2.54. The molecule has 2 aliphatic heterocycles. The maximum Gasteiger partial charge on any atom is 0.225 e. The van der Waals surface area contributed by atoms with Crippen LogP contribution in [0.15, 0.2) is 0 Å². The van der Waals surface area contributed by atoms with Crippen molar-refractivity contribution >= 4 is 5.91 Å². The van der Waals surface area contributed by atoms with Crippen molar-refractivity contribution < 1.29 is 14.6 Å². The van der Waals surface area contributed by atoms with Gasteiger partial charge < -0.3 is 19.6 Å². The van der Waals surface area contributed by atoms with Crippen LogP contribution in [-0.4, -0.2) is 72.4 Å². The number of likely N-dealkylation sites (tertiary alicyclic amines) is 2. The van der Waals surface area contributed by atoms with Gasteiger partial charge in [0.2, 0.25) is 5.91 Å². The fraction of sp³-hybridized carbons (Fsp3) is 0.950. The summed E-state index contributed by atoms with van der Waals surface area (Å²) in [5, 5.41) is 10.8. The number of hydrogen-bond donors (Lipinski definition) is 1. The third kappa shape index (κ3) is 4.37. The molecule has 0 radical (unpaired) electrons. The van der Waals surface area contributed by atoms with E-state index < -0.39 is 5.60 Å². The zero-order chi connectivity index (χ0) is 17.9. The molecular formula is C20H36N2O3. The van der Waals surface area contributed by atoms with E-state index in [0.29, 0.717) is 38.4 Å². The second-order valence-corrected chi connectivity index (χ2v) is 8.53. The Hall–Kier alpha value is -0.650.